The first kappa shape index (κ1) is 16.9. The quantitative estimate of drug-likeness (QED) is 0.560. The zero-order chi connectivity index (χ0) is 14.7. The number of carbonyl (C=O) groups is 1. The molecule has 1 saturated heterocycles. The Hall–Kier alpha value is -2.16. The third-order valence-corrected chi connectivity index (χ3v) is 3.08. The summed E-state index contributed by atoms with van der Waals surface area (Å²) in [6.45, 7) is 4.32. The second-order valence-electron chi connectivity index (χ2n) is 4.36. The van der Waals surface area contributed by atoms with Crippen LogP contribution in [0.4, 0.5) is 22.4 Å². The molecule has 0 spiro atoms. The molecule has 1 aromatic heterocycles. The number of aromatic nitrogens is 2. The molecular formula is C11H19ClN6O3. The predicted octanol–water partition coefficient (Wildman–Crippen LogP) is -0.420. The Morgan fingerprint density at radius 1 is 1.43 bits per heavy atom. The van der Waals surface area contributed by atoms with Crippen molar-refractivity contribution in [3.8, 4) is 0 Å². The van der Waals surface area contributed by atoms with E-state index >= 15 is 0 Å². The van der Waals surface area contributed by atoms with Crippen LogP contribution in [0.5, 0.6) is 0 Å². The van der Waals surface area contributed by atoms with Gasteiger partial charge in [0.1, 0.15) is 0 Å². The zero-order valence-corrected chi connectivity index (χ0v) is 12.5. The minimum absolute atomic E-state index is 0. The van der Waals surface area contributed by atoms with Crippen molar-refractivity contribution in [2.24, 2.45) is 0 Å². The summed E-state index contributed by atoms with van der Waals surface area (Å²) in [5.74, 6) is 0.351. The maximum absolute atomic E-state index is 11.6. The van der Waals surface area contributed by atoms with E-state index in [0.29, 0.717) is 43.3 Å². The van der Waals surface area contributed by atoms with E-state index in [1.807, 2.05) is 4.90 Å². The lowest BCUT2D eigenvalue weighted by atomic mass is 10.3. The molecule has 4 N–H and O–H groups in total. The molecule has 1 aliphatic rings. The number of carbonyl (C=O) groups excluding carboxylic acids is 1. The van der Waals surface area contributed by atoms with E-state index in [4.69, 9.17) is 16.2 Å². The van der Waals surface area contributed by atoms with Crippen LogP contribution in [0.25, 0.3) is 0 Å². The summed E-state index contributed by atoms with van der Waals surface area (Å²) in [4.78, 5) is 19.1. The van der Waals surface area contributed by atoms with Crippen molar-refractivity contribution in [2.45, 2.75) is 6.92 Å². The Balaban J connectivity index is 0.00000220. The second-order valence-corrected chi connectivity index (χ2v) is 4.36. The first-order chi connectivity index (χ1) is 9.52. The molecule has 21 heavy (non-hydrogen) atoms. The molecule has 0 aromatic carbocycles. The van der Waals surface area contributed by atoms with Crippen LogP contribution in [-0.2, 0) is 4.74 Å². The smallest absolute Gasteiger partial charge is 0.409 e. The van der Waals surface area contributed by atoms with Gasteiger partial charge in [-0.25, -0.2) is 9.52 Å². The van der Waals surface area contributed by atoms with E-state index in [1.165, 1.54) is 6.07 Å². The van der Waals surface area contributed by atoms with Crippen LogP contribution in [0.1, 0.15) is 6.92 Å². The standard InChI is InChI=1S/C11H18N6O3.ClH/c1-2-20-11(18)16-5-3-15(4-6-16)9-7-8(12)17(19)10(13)14-9;/h7H,2-6,12H2,1H3,(H2,13,14);1H. The number of ether oxygens (including phenoxy) is 1. The Morgan fingerprint density at radius 3 is 2.57 bits per heavy atom. The van der Waals surface area contributed by atoms with Crippen molar-refractivity contribution in [3.63, 3.8) is 0 Å². The number of piperazine rings is 1. The molecule has 2 heterocycles. The van der Waals surface area contributed by atoms with Gasteiger partial charge in [-0.3, -0.25) is 0 Å². The van der Waals surface area contributed by atoms with Crippen molar-refractivity contribution in [1.82, 2.24) is 9.88 Å². The molecule has 1 fully saturated rings. The van der Waals surface area contributed by atoms with Crippen LogP contribution >= 0.6 is 12.4 Å². The average molecular weight is 319 g/mol. The van der Waals surface area contributed by atoms with E-state index < -0.39 is 0 Å². The van der Waals surface area contributed by atoms with Crippen LogP contribution in [0, 0.1) is 5.21 Å². The van der Waals surface area contributed by atoms with Gasteiger partial charge < -0.3 is 31.2 Å². The maximum Gasteiger partial charge on any atom is 0.409 e. The van der Waals surface area contributed by atoms with Gasteiger partial charge in [0.2, 0.25) is 0 Å². The number of rotatable bonds is 2. The lowest BCUT2D eigenvalue weighted by Gasteiger charge is -2.34. The first-order valence-electron chi connectivity index (χ1n) is 6.35. The molecule has 0 aliphatic carbocycles. The van der Waals surface area contributed by atoms with Gasteiger partial charge in [0.05, 0.1) is 12.7 Å². The highest BCUT2D eigenvalue weighted by Gasteiger charge is 2.24. The molecule has 0 saturated carbocycles. The van der Waals surface area contributed by atoms with E-state index in [0.717, 1.165) is 0 Å². The number of hydrogen-bond acceptors (Lipinski definition) is 7. The molecule has 2 rings (SSSR count). The molecule has 0 radical (unpaired) electrons. The number of amides is 1. The molecule has 0 atom stereocenters. The normalized spacial score (nSPS) is 14.5. The fourth-order valence-corrected chi connectivity index (χ4v) is 2.01. The summed E-state index contributed by atoms with van der Waals surface area (Å²) >= 11 is 0. The highest BCUT2D eigenvalue weighted by molar-refractivity contribution is 5.85. The third-order valence-electron chi connectivity index (χ3n) is 3.08. The number of nitrogens with zero attached hydrogens (tertiary/aromatic N) is 4. The fraction of sp³-hybridized carbons (Fsp3) is 0.545. The minimum atomic E-state index is -0.315. The van der Waals surface area contributed by atoms with Crippen molar-refractivity contribution in [3.05, 3.63) is 11.3 Å². The number of halogens is 1. The van der Waals surface area contributed by atoms with Gasteiger partial charge in [-0.2, -0.15) is 0 Å². The number of nitrogen functional groups attached to an aromatic ring is 2. The third kappa shape index (κ3) is 3.69. The molecule has 0 unspecified atom stereocenters. The van der Waals surface area contributed by atoms with Crippen molar-refractivity contribution in [2.75, 3.05) is 49.2 Å². The fourth-order valence-electron chi connectivity index (χ4n) is 2.01. The summed E-state index contributed by atoms with van der Waals surface area (Å²) < 4.78 is 5.32. The monoisotopic (exact) mass is 318 g/mol. The first-order valence-corrected chi connectivity index (χ1v) is 6.35. The number of nitrogens with two attached hydrogens (primary N) is 2. The van der Waals surface area contributed by atoms with Gasteiger partial charge in [-0.1, -0.05) is 4.98 Å². The maximum atomic E-state index is 11.6. The lowest BCUT2D eigenvalue weighted by Crippen LogP contribution is -2.49. The predicted molar refractivity (Wildman–Crippen MR) is 80.1 cm³/mol. The largest absolute Gasteiger partial charge is 0.754 e. The summed E-state index contributed by atoms with van der Waals surface area (Å²) in [6.07, 6.45) is -0.315. The molecular weight excluding hydrogens is 300 g/mol. The van der Waals surface area contributed by atoms with E-state index in [1.54, 1.807) is 11.8 Å². The Labute approximate surface area is 128 Å². The van der Waals surface area contributed by atoms with E-state index in [-0.39, 0.29) is 30.3 Å². The Bertz CT molecular complexity index is 484. The van der Waals surface area contributed by atoms with Gasteiger partial charge in [-0.05, 0) is 6.92 Å². The van der Waals surface area contributed by atoms with Crippen LogP contribution < -0.4 is 21.1 Å². The van der Waals surface area contributed by atoms with Crippen molar-refractivity contribution >= 4 is 36.1 Å². The van der Waals surface area contributed by atoms with Gasteiger partial charge >= 0.3 is 12.0 Å². The van der Waals surface area contributed by atoms with Crippen molar-refractivity contribution in [1.29, 1.82) is 0 Å². The zero-order valence-electron chi connectivity index (χ0n) is 11.7. The lowest BCUT2D eigenvalue weighted by molar-refractivity contribution is -0.576. The highest BCUT2D eigenvalue weighted by atomic mass is 35.5. The highest BCUT2D eigenvalue weighted by Crippen LogP contribution is 2.16. The summed E-state index contributed by atoms with van der Waals surface area (Å²) in [6, 6.07) is 1.48. The molecule has 9 nitrogen and oxygen atoms in total. The average Bonchev–Trinajstić information content (AvgIpc) is 2.44. The molecule has 1 amide bonds. The summed E-state index contributed by atoms with van der Waals surface area (Å²) in [5, 5.41) is 11.3. The molecule has 118 valence electrons. The van der Waals surface area contributed by atoms with Gasteiger partial charge in [0.25, 0.3) is 0 Å². The topological polar surface area (TPSA) is 125 Å². The summed E-state index contributed by atoms with van der Waals surface area (Å²) in [5.41, 5.74) is 11.1. The number of anilines is 3. The van der Waals surface area contributed by atoms with Gasteiger partial charge in [0, 0.05) is 26.2 Å². The Kier molecular flexibility index (Phi) is 5.65. The van der Waals surface area contributed by atoms with E-state index in [2.05, 4.69) is 4.98 Å². The molecule has 1 aromatic rings. The minimum Gasteiger partial charge on any atom is -0.754 e. The van der Waals surface area contributed by atoms with Crippen molar-refractivity contribution < 1.29 is 14.3 Å². The number of hydrogen-bond donors (Lipinski definition) is 2. The SMILES string of the molecule is CCOC(=O)N1CCN(c2cc(N)[n+]([O-])c(N)n2)CC1.Cl. The van der Waals surface area contributed by atoms with E-state index in [9.17, 15) is 10.0 Å². The Morgan fingerprint density at radius 2 is 2.05 bits per heavy atom. The second kappa shape index (κ2) is 7.02. The van der Waals surface area contributed by atoms with Crippen LogP contribution in [0.2, 0.25) is 0 Å². The molecule has 10 heteroatoms. The van der Waals surface area contributed by atoms with Crippen LogP contribution in [0.3, 0.4) is 0 Å². The van der Waals surface area contributed by atoms with Crippen LogP contribution in [0.15, 0.2) is 6.07 Å². The van der Waals surface area contributed by atoms with Gasteiger partial charge in [0.15, 0.2) is 11.6 Å². The summed E-state index contributed by atoms with van der Waals surface area (Å²) in [7, 11) is 0. The van der Waals surface area contributed by atoms with Crippen LogP contribution in [-0.4, -0.2) is 48.8 Å². The van der Waals surface area contributed by atoms with Gasteiger partial charge in [-0.15, -0.1) is 12.4 Å². The molecule has 0 bridgehead atoms. The molecule has 1 aliphatic heterocycles.